The highest BCUT2D eigenvalue weighted by Crippen LogP contribution is 2.10. The first-order valence-electron chi connectivity index (χ1n) is 7.26. The van der Waals surface area contributed by atoms with Crippen molar-refractivity contribution in [2.24, 2.45) is 0 Å². The smallest absolute Gasteiger partial charge is 0.308 e. The predicted molar refractivity (Wildman–Crippen MR) is 89.4 cm³/mol. The molecule has 0 aliphatic heterocycles. The molecule has 0 bridgehead atoms. The average Bonchev–Trinajstić information content (AvgIpc) is 2.97. The SMILES string of the molecule is Cc1ccc(NC(=O)Nc2ccn(Cc3cccnc3)n2)cc1. The normalized spacial score (nSPS) is 10.3. The van der Waals surface area contributed by atoms with Gasteiger partial charge in [-0.1, -0.05) is 23.8 Å². The molecule has 6 heteroatoms. The fourth-order valence-electron chi connectivity index (χ4n) is 2.11. The summed E-state index contributed by atoms with van der Waals surface area (Å²) in [4.78, 5) is 16.0. The predicted octanol–water partition coefficient (Wildman–Crippen LogP) is 3.28. The summed E-state index contributed by atoms with van der Waals surface area (Å²) < 4.78 is 1.75. The molecule has 3 aromatic rings. The van der Waals surface area contributed by atoms with E-state index in [1.54, 1.807) is 23.1 Å². The Morgan fingerprint density at radius 2 is 1.96 bits per heavy atom. The number of hydrogen-bond donors (Lipinski definition) is 2. The maximum Gasteiger partial charge on any atom is 0.324 e. The first-order valence-corrected chi connectivity index (χ1v) is 7.26. The summed E-state index contributed by atoms with van der Waals surface area (Å²) in [5.41, 5.74) is 2.93. The Hall–Kier alpha value is -3.15. The van der Waals surface area contributed by atoms with Gasteiger partial charge in [-0.3, -0.25) is 15.0 Å². The first kappa shape index (κ1) is 14.8. The fourth-order valence-corrected chi connectivity index (χ4v) is 2.11. The zero-order chi connectivity index (χ0) is 16.1. The number of urea groups is 1. The third-order valence-corrected chi connectivity index (χ3v) is 3.26. The minimum atomic E-state index is -0.319. The lowest BCUT2D eigenvalue weighted by atomic mass is 10.2. The molecule has 3 rings (SSSR count). The Morgan fingerprint density at radius 3 is 2.70 bits per heavy atom. The van der Waals surface area contributed by atoms with Crippen LogP contribution in [0, 0.1) is 6.92 Å². The van der Waals surface area contributed by atoms with Crippen LogP contribution in [-0.4, -0.2) is 20.8 Å². The highest BCUT2D eigenvalue weighted by Gasteiger charge is 2.05. The van der Waals surface area contributed by atoms with E-state index < -0.39 is 0 Å². The van der Waals surface area contributed by atoms with Gasteiger partial charge in [-0.05, 0) is 30.7 Å². The van der Waals surface area contributed by atoms with Gasteiger partial charge in [-0.15, -0.1) is 0 Å². The number of anilines is 2. The van der Waals surface area contributed by atoms with E-state index in [1.165, 1.54) is 0 Å². The highest BCUT2D eigenvalue weighted by molar-refractivity contribution is 5.99. The second-order valence-corrected chi connectivity index (χ2v) is 5.20. The Labute approximate surface area is 134 Å². The number of carbonyl (C=O) groups is 1. The van der Waals surface area contributed by atoms with Crippen molar-refractivity contribution in [2.75, 3.05) is 10.6 Å². The molecular weight excluding hydrogens is 290 g/mol. The van der Waals surface area contributed by atoms with Crippen LogP contribution in [0.3, 0.4) is 0 Å². The third-order valence-electron chi connectivity index (χ3n) is 3.26. The molecule has 0 saturated heterocycles. The number of nitrogens with zero attached hydrogens (tertiary/aromatic N) is 3. The molecule has 6 nitrogen and oxygen atoms in total. The molecule has 2 aromatic heterocycles. The summed E-state index contributed by atoms with van der Waals surface area (Å²) in [6.07, 6.45) is 5.34. The van der Waals surface area contributed by atoms with Crippen molar-refractivity contribution >= 4 is 17.5 Å². The Morgan fingerprint density at radius 1 is 1.13 bits per heavy atom. The van der Waals surface area contributed by atoms with E-state index in [1.807, 2.05) is 49.5 Å². The molecule has 0 aliphatic carbocycles. The largest absolute Gasteiger partial charge is 0.324 e. The number of hydrogen-bond acceptors (Lipinski definition) is 3. The summed E-state index contributed by atoms with van der Waals surface area (Å²) in [5, 5.41) is 9.80. The van der Waals surface area contributed by atoms with Crippen molar-refractivity contribution in [2.45, 2.75) is 13.5 Å². The molecule has 0 atom stereocenters. The van der Waals surface area contributed by atoms with E-state index in [0.717, 1.165) is 16.8 Å². The van der Waals surface area contributed by atoms with Crippen molar-refractivity contribution in [1.29, 1.82) is 0 Å². The zero-order valence-electron chi connectivity index (χ0n) is 12.7. The molecule has 2 amide bonds. The molecule has 0 fully saturated rings. The number of aromatic nitrogens is 3. The average molecular weight is 307 g/mol. The maximum atomic E-state index is 12.0. The monoisotopic (exact) mass is 307 g/mol. The van der Waals surface area contributed by atoms with Gasteiger partial charge in [-0.25, -0.2) is 4.79 Å². The number of amides is 2. The second-order valence-electron chi connectivity index (χ2n) is 5.20. The van der Waals surface area contributed by atoms with Crippen LogP contribution >= 0.6 is 0 Å². The molecule has 0 radical (unpaired) electrons. The molecule has 0 saturated carbocycles. The molecular formula is C17H17N5O. The van der Waals surface area contributed by atoms with Gasteiger partial charge in [0.15, 0.2) is 5.82 Å². The lowest BCUT2D eigenvalue weighted by Crippen LogP contribution is -2.19. The molecule has 2 heterocycles. The number of carbonyl (C=O) groups excluding carboxylic acids is 1. The number of pyridine rings is 1. The molecule has 0 unspecified atom stereocenters. The summed E-state index contributed by atoms with van der Waals surface area (Å²) in [6, 6.07) is 12.9. The van der Waals surface area contributed by atoms with Gasteiger partial charge in [0.2, 0.25) is 0 Å². The van der Waals surface area contributed by atoms with E-state index in [0.29, 0.717) is 12.4 Å². The maximum absolute atomic E-state index is 12.0. The third kappa shape index (κ3) is 4.16. The molecule has 1 aromatic carbocycles. The Balaban J connectivity index is 1.58. The van der Waals surface area contributed by atoms with E-state index in [4.69, 9.17) is 0 Å². The summed E-state index contributed by atoms with van der Waals surface area (Å²) in [7, 11) is 0. The van der Waals surface area contributed by atoms with E-state index >= 15 is 0 Å². The van der Waals surface area contributed by atoms with Gasteiger partial charge in [0.25, 0.3) is 0 Å². The quantitative estimate of drug-likeness (QED) is 0.777. The van der Waals surface area contributed by atoms with Crippen LogP contribution < -0.4 is 10.6 Å². The molecule has 0 aliphatic rings. The van der Waals surface area contributed by atoms with Gasteiger partial charge in [0.1, 0.15) is 0 Å². The minimum absolute atomic E-state index is 0.319. The highest BCUT2D eigenvalue weighted by atomic mass is 16.2. The number of nitrogens with one attached hydrogen (secondary N) is 2. The van der Waals surface area contributed by atoms with E-state index in [9.17, 15) is 4.79 Å². The lowest BCUT2D eigenvalue weighted by Gasteiger charge is -2.06. The Kier molecular flexibility index (Phi) is 4.33. The van der Waals surface area contributed by atoms with Crippen molar-refractivity contribution in [3.05, 3.63) is 72.2 Å². The summed E-state index contributed by atoms with van der Waals surface area (Å²) >= 11 is 0. The van der Waals surface area contributed by atoms with Crippen LogP contribution in [0.2, 0.25) is 0 Å². The topological polar surface area (TPSA) is 71.8 Å². The van der Waals surface area contributed by atoms with E-state index in [-0.39, 0.29) is 6.03 Å². The van der Waals surface area contributed by atoms with Gasteiger partial charge >= 0.3 is 6.03 Å². The molecule has 23 heavy (non-hydrogen) atoms. The zero-order valence-corrected chi connectivity index (χ0v) is 12.7. The summed E-state index contributed by atoms with van der Waals surface area (Å²) in [5.74, 6) is 0.499. The molecule has 116 valence electrons. The van der Waals surface area contributed by atoms with Crippen LogP contribution in [0.15, 0.2) is 61.1 Å². The van der Waals surface area contributed by atoms with Crippen LogP contribution in [-0.2, 0) is 6.54 Å². The second kappa shape index (κ2) is 6.74. The van der Waals surface area contributed by atoms with Gasteiger partial charge in [-0.2, -0.15) is 5.10 Å². The first-order chi connectivity index (χ1) is 11.2. The standard InChI is InChI=1S/C17H17N5O/c1-13-4-6-15(7-5-13)19-17(23)20-16-8-10-22(21-16)12-14-3-2-9-18-11-14/h2-11H,12H2,1H3,(H2,19,20,21,23). The minimum Gasteiger partial charge on any atom is -0.308 e. The van der Waals surface area contributed by atoms with Crippen LogP contribution in [0.1, 0.15) is 11.1 Å². The molecule has 2 N–H and O–H groups in total. The Bertz CT molecular complexity index is 780. The number of aryl methyl sites for hydroxylation is 1. The lowest BCUT2D eigenvalue weighted by molar-refractivity contribution is 0.262. The fraction of sp³-hybridized carbons (Fsp3) is 0.118. The van der Waals surface area contributed by atoms with Gasteiger partial charge in [0.05, 0.1) is 6.54 Å². The van der Waals surface area contributed by atoms with Crippen LogP contribution in [0.5, 0.6) is 0 Å². The van der Waals surface area contributed by atoms with Gasteiger partial charge in [0, 0.05) is 30.3 Å². The van der Waals surface area contributed by atoms with Crippen molar-refractivity contribution < 1.29 is 4.79 Å². The van der Waals surface area contributed by atoms with Crippen molar-refractivity contribution in [3.8, 4) is 0 Å². The number of benzene rings is 1. The molecule has 0 spiro atoms. The van der Waals surface area contributed by atoms with Gasteiger partial charge < -0.3 is 5.32 Å². The van der Waals surface area contributed by atoms with Crippen LogP contribution in [0.25, 0.3) is 0 Å². The van der Waals surface area contributed by atoms with E-state index in [2.05, 4.69) is 20.7 Å². The van der Waals surface area contributed by atoms with Crippen molar-refractivity contribution in [3.63, 3.8) is 0 Å². The van der Waals surface area contributed by atoms with Crippen molar-refractivity contribution in [1.82, 2.24) is 14.8 Å². The summed E-state index contributed by atoms with van der Waals surface area (Å²) in [6.45, 7) is 2.61. The number of rotatable bonds is 4. The van der Waals surface area contributed by atoms with Crippen LogP contribution in [0.4, 0.5) is 16.3 Å².